The Hall–Kier alpha value is -3.22. The Bertz CT molecular complexity index is 767. The fourth-order valence-corrected chi connectivity index (χ4v) is 3.87. The van der Waals surface area contributed by atoms with Crippen LogP contribution < -0.4 is 21.7 Å². The van der Waals surface area contributed by atoms with Crippen LogP contribution in [0.1, 0.15) is 44.9 Å². The summed E-state index contributed by atoms with van der Waals surface area (Å²) in [5, 5.41) is 26.2. The standard InChI is InChI=1S/C19H29N5O8/c20-14(25)6-5-11(18(30)24-8-2-4-13(24)19(31)32)22-17(29)12(9-15(26)27)23-16(28)10-3-1-7-21-10/h10-13,21H,1-9H2,(H2,20,25)(H,22,29)(H,23,28)(H,26,27)(H,31,32). The Morgan fingerprint density at radius 2 is 1.75 bits per heavy atom. The molecule has 2 heterocycles. The van der Waals surface area contributed by atoms with E-state index in [9.17, 15) is 33.9 Å². The van der Waals surface area contributed by atoms with Crippen LogP contribution in [0, 0.1) is 0 Å². The van der Waals surface area contributed by atoms with E-state index in [1.807, 2.05) is 0 Å². The van der Waals surface area contributed by atoms with E-state index < -0.39 is 66.2 Å². The lowest BCUT2D eigenvalue weighted by molar-refractivity contribution is -0.150. The molecule has 2 rings (SSSR count). The lowest BCUT2D eigenvalue weighted by Gasteiger charge is -2.28. The number of hydrogen-bond acceptors (Lipinski definition) is 7. The topological polar surface area (TPSA) is 208 Å². The van der Waals surface area contributed by atoms with Crippen molar-refractivity contribution in [1.29, 1.82) is 0 Å². The van der Waals surface area contributed by atoms with Gasteiger partial charge in [0.05, 0.1) is 12.5 Å². The predicted molar refractivity (Wildman–Crippen MR) is 108 cm³/mol. The quantitative estimate of drug-likeness (QED) is 0.195. The summed E-state index contributed by atoms with van der Waals surface area (Å²) in [5.41, 5.74) is 5.15. The van der Waals surface area contributed by atoms with Gasteiger partial charge < -0.3 is 36.8 Å². The smallest absolute Gasteiger partial charge is 0.326 e. The first-order valence-electron chi connectivity index (χ1n) is 10.5. The molecule has 0 bridgehead atoms. The SMILES string of the molecule is NC(=O)CCC(NC(=O)C(CC(=O)O)NC(=O)C1CCCN1)C(=O)N1CCCC1C(=O)O. The van der Waals surface area contributed by atoms with Gasteiger partial charge in [0.15, 0.2) is 0 Å². The second-order valence-corrected chi connectivity index (χ2v) is 7.90. The predicted octanol–water partition coefficient (Wildman–Crippen LogP) is -2.48. The van der Waals surface area contributed by atoms with Crippen molar-refractivity contribution in [3.8, 4) is 0 Å². The summed E-state index contributed by atoms with van der Waals surface area (Å²) in [7, 11) is 0. The first-order valence-corrected chi connectivity index (χ1v) is 10.5. The number of aliphatic carboxylic acids is 2. The van der Waals surface area contributed by atoms with Crippen LogP contribution in [0.5, 0.6) is 0 Å². The van der Waals surface area contributed by atoms with Crippen molar-refractivity contribution >= 4 is 35.6 Å². The normalized spacial score (nSPS) is 22.1. The van der Waals surface area contributed by atoms with E-state index >= 15 is 0 Å². The Morgan fingerprint density at radius 1 is 1.03 bits per heavy atom. The van der Waals surface area contributed by atoms with Crippen molar-refractivity contribution in [2.45, 2.75) is 69.1 Å². The van der Waals surface area contributed by atoms with E-state index in [1.165, 1.54) is 0 Å². The molecule has 0 aromatic heterocycles. The number of amides is 4. The second-order valence-electron chi connectivity index (χ2n) is 7.90. The third kappa shape index (κ3) is 6.90. The summed E-state index contributed by atoms with van der Waals surface area (Å²) < 4.78 is 0. The molecule has 2 fully saturated rings. The van der Waals surface area contributed by atoms with Gasteiger partial charge in [0.2, 0.25) is 23.6 Å². The van der Waals surface area contributed by atoms with Crippen LogP contribution in [-0.4, -0.2) is 87.9 Å². The highest BCUT2D eigenvalue weighted by Gasteiger charge is 2.38. The molecule has 32 heavy (non-hydrogen) atoms. The molecule has 0 radical (unpaired) electrons. The second kappa shape index (κ2) is 11.4. The Balaban J connectivity index is 2.14. The minimum Gasteiger partial charge on any atom is -0.481 e. The average molecular weight is 455 g/mol. The van der Waals surface area contributed by atoms with Gasteiger partial charge in [-0.25, -0.2) is 4.79 Å². The Kier molecular flexibility index (Phi) is 8.93. The molecule has 4 unspecified atom stereocenters. The number of likely N-dealkylation sites (tertiary alicyclic amines) is 1. The molecule has 2 aliphatic rings. The van der Waals surface area contributed by atoms with E-state index in [0.717, 1.165) is 11.3 Å². The summed E-state index contributed by atoms with van der Waals surface area (Å²) in [6.07, 6.45) is 0.846. The Labute approximate surface area is 184 Å². The van der Waals surface area contributed by atoms with Gasteiger partial charge in [0.25, 0.3) is 0 Å². The monoisotopic (exact) mass is 455 g/mol. The third-order valence-corrected chi connectivity index (χ3v) is 5.50. The molecule has 4 atom stereocenters. The van der Waals surface area contributed by atoms with Crippen molar-refractivity contribution in [1.82, 2.24) is 20.9 Å². The molecule has 13 nitrogen and oxygen atoms in total. The van der Waals surface area contributed by atoms with E-state index in [-0.39, 0.29) is 25.8 Å². The molecule has 2 saturated heterocycles. The summed E-state index contributed by atoms with van der Waals surface area (Å²) in [6, 6.07) is -4.36. The molecule has 2 aliphatic heterocycles. The highest BCUT2D eigenvalue weighted by Crippen LogP contribution is 2.19. The Morgan fingerprint density at radius 3 is 2.31 bits per heavy atom. The highest BCUT2D eigenvalue weighted by atomic mass is 16.4. The van der Waals surface area contributed by atoms with Gasteiger partial charge in [-0.2, -0.15) is 0 Å². The largest absolute Gasteiger partial charge is 0.481 e. The number of carboxylic acid groups (broad SMARTS) is 2. The molecule has 0 saturated carbocycles. The summed E-state index contributed by atoms with van der Waals surface area (Å²) in [5.74, 6) is -5.41. The van der Waals surface area contributed by atoms with E-state index in [4.69, 9.17) is 10.8 Å². The van der Waals surface area contributed by atoms with Crippen molar-refractivity contribution in [3.05, 3.63) is 0 Å². The van der Waals surface area contributed by atoms with Crippen LogP contribution in [0.4, 0.5) is 0 Å². The number of rotatable bonds is 11. The molecule has 178 valence electrons. The first kappa shape index (κ1) is 25.0. The maximum Gasteiger partial charge on any atom is 0.326 e. The van der Waals surface area contributed by atoms with Crippen LogP contribution in [-0.2, 0) is 28.8 Å². The number of primary amides is 1. The highest BCUT2D eigenvalue weighted by molar-refractivity contribution is 5.96. The fourth-order valence-electron chi connectivity index (χ4n) is 3.87. The van der Waals surface area contributed by atoms with E-state index in [2.05, 4.69) is 16.0 Å². The molecule has 13 heteroatoms. The lowest BCUT2D eigenvalue weighted by Crippen LogP contribution is -2.57. The first-order chi connectivity index (χ1) is 15.1. The molecule has 7 N–H and O–H groups in total. The molecule has 0 aliphatic carbocycles. The lowest BCUT2D eigenvalue weighted by atomic mass is 10.1. The van der Waals surface area contributed by atoms with Gasteiger partial charge in [0.1, 0.15) is 18.1 Å². The number of hydrogen-bond donors (Lipinski definition) is 6. The number of nitrogens with zero attached hydrogens (tertiary/aromatic N) is 1. The van der Waals surface area contributed by atoms with Gasteiger partial charge in [-0.3, -0.25) is 24.0 Å². The summed E-state index contributed by atoms with van der Waals surface area (Å²) in [6.45, 7) is 0.791. The van der Waals surface area contributed by atoms with Crippen LogP contribution in [0.25, 0.3) is 0 Å². The van der Waals surface area contributed by atoms with E-state index in [1.54, 1.807) is 0 Å². The minimum atomic E-state index is -1.46. The molecular weight excluding hydrogens is 426 g/mol. The number of carboxylic acids is 2. The minimum absolute atomic E-state index is 0.168. The molecule has 0 spiro atoms. The van der Waals surface area contributed by atoms with Crippen LogP contribution >= 0.6 is 0 Å². The zero-order valence-electron chi connectivity index (χ0n) is 17.5. The number of carbonyl (C=O) groups excluding carboxylic acids is 4. The van der Waals surface area contributed by atoms with Crippen LogP contribution in [0.3, 0.4) is 0 Å². The van der Waals surface area contributed by atoms with Crippen molar-refractivity contribution in [2.24, 2.45) is 5.73 Å². The zero-order valence-corrected chi connectivity index (χ0v) is 17.5. The van der Waals surface area contributed by atoms with E-state index in [0.29, 0.717) is 19.4 Å². The van der Waals surface area contributed by atoms with Crippen LogP contribution in [0.15, 0.2) is 0 Å². The van der Waals surface area contributed by atoms with Gasteiger partial charge in [-0.05, 0) is 38.6 Å². The zero-order chi connectivity index (χ0) is 23.8. The molecule has 0 aromatic rings. The number of carbonyl (C=O) groups is 6. The van der Waals surface area contributed by atoms with Gasteiger partial charge in [-0.1, -0.05) is 0 Å². The van der Waals surface area contributed by atoms with Crippen LogP contribution in [0.2, 0.25) is 0 Å². The van der Waals surface area contributed by atoms with Crippen molar-refractivity contribution in [3.63, 3.8) is 0 Å². The fraction of sp³-hybridized carbons (Fsp3) is 0.684. The van der Waals surface area contributed by atoms with Gasteiger partial charge in [-0.15, -0.1) is 0 Å². The average Bonchev–Trinajstić information content (AvgIpc) is 3.41. The number of nitrogens with one attached hydrogen (secondary N) is 3. The maximum atomic E-state index is 13.0. The molecular formula is C19H29N5O8. The van der Waals surface area contributed by atoms with Gasteiger partial charge >= 0.3 is 11.9 Å². The summed E-state index contributed by atoms with van der Waals surface area (Å²) in [4.78, 5) is 73.1. The maximum absolute atomic E-state index is 13.0. The third-order valence-electron chi connectivity index (χ3n) is 5.50. The number of nitrogens with two attached hydrogens (primary N) is 1. The molecule has 0 aromatic carbocycles. The molecule has 4 amide bonds. The van der Waals surface area contributed by atoms with Gasteiger partial charge in [0, 0.05) is 13.0 Å². The van der Waals surface area contributed by atoms with Crippen molar-refractivity contribution in [2.75, 3.05) is 13.1 Å². The summed E-state index contributed by atoms with van der Waals surface area (Å²) >= 11 is 0. The van der Waals surface area contributed by atoms with Crippen molar-refractivity contribution < 1.29 is 39.0 Å².